The number of benzene rings is 1. The first-order chi connectivity index (χ1) is 10.2. The number of nitrogens with one attached hydrogen (secondary N) is 1. The van der Waals surface area contributed by atoms with Gasteiger partial charge in [0.2, 0.25) is 0 Å². The second-order valence-corrected chi connectivity index (χ2v) is 6.70. The number of non-ortho nitro benzene ring substituents is 1. The summed E-state index contributed by atoms with van der Waals surface area (Å²) in [6.45, 7) is 5.28. The van der Waals surface area contributed by atoms with Crippen LogP contribution in [0, 0.1) is 17.0 Å². The van der Waals surface area contributed by atoms with E-state index in [-0.39, 0.29) is 28.1 Å². The van der Waals surface area contributed by atoms with Gasteiger partial charge < -0.3 is 4.42 Å². The highest BCUT2D eigenvalue weighted by molar-refractivity contribution is 7.92. The Bertz CT molecular complexity index is 811. The first kappa shape index (κ1) is 16.0. The van der Waals surface area contributed by atoms with Crippen LogP contribution in [0.4, 0.5) is 11.7 Å². The van der Waals surface area contributed by atoms with Crippen LogP contribution in [0.15, 0.2) is 33.8 Å². The number of nitro benzene ring substituents is 1. The lowest BCUT2D eigenvalue weighted by molar-refractivity contribution is -0.385. The molecule has 0 unspecified atom stereocenters. The Kier molecular flexibility index (Phi) is 4.18. The van der Waals surface area contributed by atoms with E-state index in [4.69, 9.17) is 4.42 Å². The number of aryl methyl sites for hydroxylation is 1. The van der Waals surface area contributed by atoms with Crippen molar-refractivity contribution in [1.82, 2.24) is 4.98 Å². The fourth-order valence-electron chi connectivity index (χ4n) is 1.82. The number of rotatable bonds is 5. The van der Waals surface area contributed by atoms with Crippen molar-refractivity contribution < 1.29 is 17.8 Å². The molecule has 0 aliphatic rings. The van der Waals surface area contributed by atoms with Crippen molar-refractivity contribution in [1.29, 1.82) is 0 Å². The molecule has 0 fully saturated rings. The molecule has 0 saturated carbocycles. The van der Waals surface area contributed by atoms with Gasteiger partial charge in [0.15, 0.2) is 0 Å². The van der Waals surface area contributed by atoms with E-state index in [2.05, 4.69) is 9.71 Å². The number of sulfonamides is 1. The van der Waals surface area contributed by atoms with Crippen LogP contribution in [0.25, 0.3) is 0 Å². The van der Waals surface area contributed by atoms with Crippen molar-refractivity contribution in [2.45, 2.75) is 31.6 Å². The highest BCUT2D eigenvalue weighted by Crippen LogP contribution is 2.24. The average Bonchev–Trinajstić information content (AvgIpc) is 2.86. The van der Waals surface area contributed by atoms with Gasteiger partial charge in [-0.25, -0.2) is 13.1 Å². The molecule has 1 N–H and O–H groups in total. The van der Waals surface area contributed by atoms with E-state index >= 15 is 0 Å². The summed E-state index contributed by atoms with van der Waals surface area (Å²) in [5, 5.41) is 10.7. The Balaban J connectivity index is 2.32. The monoisotopic (exact) mass is 325 g/mol. The van der Waals surface area contributed by atoms with Gasteiger partial charge in [0.05, 0.1) is 15.5 Å². The molecule has 1 heterocycles. The summed E-state index contributed by atoms with van der Waals surface area (Å²) in [4.78, 5) is 14.1. The second-order valence-electron chi connectivity index (χ2n) is 5.04. The summed E-state index contributed by atoms with van der Waals surface area (Å²) in [5.74, 6) is 0.100. The molecule has 0 spiro atoms. The number of aromatic nitrogens is 1. The summed E-state index contributed by atoms with van der Waals surface area (Å²) in [5.41, 5.74) is 0.713. The summed E-state index contributed by atoms with van der Waals surface area (Å²) in [7, 11) is -3.93. The molecule has 1 aromatic heterocycles. The molecule has 1 aromatic carbocycles. The van der Waals surface area contributed by atoms with Crippen LogP contribution >= 0.6 is 0 Å². The van der Waals surface area contributed by atoms with Crippen LogP contribution in [0.2, 0.25) is 0 Å². The standard InChI is InChI=1S/C13H15N3O5S/c1-8(2)11-7-21-13(14-11)15-22(19,20)12-5-4-10(16(17)18)6-9(12)3/h4-8H,1-3H3,(H,14,15). The maximum atomic E-state index is 12.3. The molecular formula is C13H15N3O5S. The summed E-state index contributed by atoms with van der Waals surface area (Å²) < 4.78 is 31.9. The van der Waals surface area contributed by atoms with Gasteiger partial charge in [0.25, 0.3) is 15.7 Å². The molecule has 22 heavy (non-hydrogen) atoms. The van der Waals surface area contributed by atoms with Gasteiger partial charge in [-0.15, -0.1) is 0 Å². The normalized spacial score (nSPS) is 11.6. The summed E-state index contributed by atoms with van der Waals surface area (Å²) in [6, 6.07) is 3.38. The molecule has 8 nitrogen and oxygen atoms in total. The van der Waals surface area contributed by atoms with Crippen LogP contribution in [0.3, 0.4) is 0 Å². The van der Waals surface area contributed by atoms with Crippen molar-refractivity contribution in [3.63, 3.8) is 0 Å². The third-order valence-electron chi connectivity index (χ3n) is 2.99. The predicted octanol–water partition coefficient (Wildman–Crippen LogP) is 2.82. The fraction of sp³-hybridized carbons (Fsp3) is 0.308. The van der Waals surface area contributed by atoms with Gasteiger partial charge in [0.1, 0.15) is 6.26 Å². The molecule has 0 amide bonds. The van der Waals surface area contributed by atoms with Crippen molar-refractivity contribution in [3.8, 4) is 0 Å². The molecule has 2 rings (SSSR count). The zero-order valence-corrected chi connectivity index (χ0v) is 13.0. The van der Waals surface area contributed by atoms with Gasteiger partial charge in [0, 0.05) is 12.1 Å². The van der Waals surface area contributed by atoms with Gasteiger partial charge in [-0.3, -0.25) is 10.1 Å². The second kappa shape index (κ2) is 5.76. The molecule has 9 heteroatoms. The number of hydrogen-bond donors (Lipinski definition) is 1. The lowest BCUT2D eigenvalue weighted by atomic mass is 10.2. The number of anilines is 1. The average molecular weight is 325 g/mol. The molecule has 0 aliphatic heterocycles. The van der Waals surface area contributed by atoms with Crippen molar-refractivity contribution in [2.24, 2.45) is 0 Å². The topological polar surface area (TPSA) is 115 Å². The third kappa shape index (κ3) is 3.25. The fourth-order valence-corrected chi connectivity index (χ4v) is 2.98. The SMILES string of the molecule is Cc1cc([N+](=O)[O-])ccc1S(=O)(=O)Nc1nc(C(C)C)co1. The number of oxazole rings is 1. The van der Waals surface area contributed by atoms with Crippen molar-refractivity contribution in [2.75, 3.05) is 4.72 Å². The maximum absolute atomic E-state index is 12.3. The summed E-state index contributed by atoms with van der Waals surface area (Å²) >= 11 is 0. The Morgan fingerprint density at radius 3 is 2.55 bits per heavy atom. The van der Waals surface area contributed by atoms with E-state index in [1.165, 1.54) is 25.3 Å². The lowest BCUT2D eigenvalue weighted by Crippen LogP contribution is -2.14. The van der Waals surface area contributed by atoms with E-state index in [0.717, 1.165) is 6.07 Å². The molecule has 0 bridgehead atoms. The minimum atomic E-state index is -3.93. The maximum Gasteiger partial charge on any atom is 0.309 e. The minimum Gasteiger partial charge on any atom is -0.431 e. The van der Waals surface area contributed by atoms with Crippen LogP contribution in [-0.4, -0.2) is 18.3 Å². The van der Waals surface area contributed by atoms with Gasteiger partial charge in [-0.05, 0) is 24.5 Å². The molecule has 0 aliphatic carbocycles. The van der Waals surface area contributed by atoms with Gasteiger partial charge in [-0.1, -0.05) is 13.8 Å². The Hall–Kier alpha value is -2.42. The van der Waals surface area contributed by atoms with Crippen molar-refractivity contribution >= 4 is 21.7 Å². The zero-order chi connectivity index (χ0) is 16.5. The zero-order valence-electron chi connectivity index (χ0n) is 12.2. The number of nitrogens with zero attached hydrogens (tertiary/aromatic N) is 2. The third-order valence-corrected chi connectivity index (χ3v) is 4.47. The van der Waals surface area contributed by atoms with E-state index in [1.54, 1.807) is 0 Å². The largest absolute Gasteiger partial charge is 0.431 e. The van der Waals surface area contributed by atoms with Crippen LogP contribution < -0.4 is 4.72 Å². The lowest BCUT2D eigenvalue weighted by Gasteiger charge is -2.07. The summed E-state index contributed by atoms with van der Waals surface area (Å²) in [6.07, 6.45) is 1.38. The molecule has 0 saturated heterocycles. The van der Waals surface area contributed by atoms with Crippen molar-refractivity contribution in [3.05, 3.63) is 45.8 Å². The Morgan fingerprint density at radius 1 is 1.36 bits per heavy atom. The van der Waals surface area contributed by atoms with Crippen LogP contribution in [-0.2, 0) is 10.0 Å². The van der Waals surface area contributed by atoms with E-state index in [0.29, 0.717) is 5.69 Å². The minimum absolute atomic E-state index is 0.0672. The molecule has 2 aromatic rings. The number of nitro groups is 1. The smallest absolute Gasteiger partial charge is 0.309 e. The van der Waals surface area contributed by atoms with E-state index in [1.807, 2.05) is 13.8 Å². The van der Waals surface area contributed by atoms with Gasteiger partial charge in [-0.2, -0.15) is 4.98 Å². The molecule has 0 radical (unpaired) electrons. The first-order valence-corrected chi connectivity index (χ1v) is 7.92. The van der Waals surface area contributed by atoms with Crippen LogP contribution in [0.5, 0.6) is 0 Å². The van der Waals surface area contributed by atoms with Crippen LogP contribution in [0.1, 0.15) is 31.0 Å². The quantitative estimate of drug-likeness (QED) is 0.667. The molecule has 118 valence electrons. The number of hydrogen-bond acceptors (Lipinski definition) is 6. The van der Waals surface area contributed by atoms with E-state index < -0.39 is 14.9 Å². The molecule has 0 atom stereocenters. The highest BCUT2D eigenvalue weighted by atomic mass is 32.2. The Morgan fingerprint density at radius 2 is 2.05 bits per heavy atom. The molecular weight excluding hydrogens is 310 g/mol. The predicted molar refractivity (Wildman–Crippen MR) is 79.2 cm³/mol. The first-order valence-electron chi connectivity index (χ1n) is 6.44. The Labute approximate surface area is 127 Å². The van der Waals surface area contributed by atoms with Gasteiger partial charge >= 0.3 is 6.01 Å². The highest BCUT2D eigenvalue weighted by Gasteiger charge is 2.21. The van der Waals surface area contributed by atoms with E-state index in [9.17, 15) is 18.5 Å².